The molecule has 1 unspecified atom stereocenters. The van der Waals surface area contributed by atoms with Crippen molar-refractivity contribution in [2.45, 2.75) is 20.0 Å². The van der Waals surface area contributed by atoms with E-state index in [9.17, 15) is 18.7 Å². The minimum absolute atomic E-state index is 0.191. The van der Waals surface area contributed by atoms with E-state index in [-0.39, 0.29) is 11.4 Å². The zero-order valence-electron chi connectivity index (χ0n) is 17.8. The number of hydrogen-bond acceptors (Lipinski definition) is 6. The maximum Gasteiger partial charge on any atom is 0.257 e. The van der Waals surface area contributed by atoms with E-state index >= 15 is 0 Å². The molecule has 0 aliphatic carbocycles. The lowest BCUT2D eigenvalue weighted by molar-refractivity contribution is -0.124. The van der Waals surface area contributed by atoms with Gasteiger partial charge in [0.05, 0.1) is 5.69 Å². The Hall–Kier alpha value is -4.18. The van der Waals surface area contributed by atoms with Gasteiger partial charge in [0.15, 0.2) is 11.9 Å². The van der Waals surface area contributed by atoms with Gasteiger partial charge in [0.1, 0.15) is 34.7 Å². The fraction of sp³-hybridized carbons (Fsp3) is 0.130. The Morgan fingerprint density at radius 2 is 1.88 bits per heavy atom. The number of fused-ring (bicyclic) bond motifs is 1. The Labute approximate surface area is 187 Å². The lowest BCUT2D eigenvalue weighted by atomic mass is 10.1. The zero-order chi connectivity index (χ0) is 23.9. The Morgan fingerprint density at radius 1 is 1.18 bits per heavy atom. The van der Waals surface area contributed by atoms with Crippen molar-refractivity contribution in [2.75, 3.05) is 11.1 Å². The number of carbonyl (C=O) groups excluding carboxylic acids is 1. The van der Waals surface area contributed by atoms with Gasteiger partial charge in [-0.25, -0.2) is 23.4 Å². The SMILES string of the molecule is C=C(C)c1nn(-c2ccc(NC(=O)C(O)c3cc(F)cc(F)c3)cc2C)c2c(N)ncnc12. The Morgan fingerprint density at radius 3 is 2.52 bits per heavy atom. The summed E-state index contributed by atoms with van der Waals surface area (Å²) in [7, 11) is 0. The van der Waals surface area contributed by atoms with Gasteiger partial charge in [-0.3, -0.25) is 4.79 Å². The molecule has 33 heavy (non-hydrogen) atoms. The first kappa shape index (κ1) is 22.0. The summed E-state index contributed by atoms with van der Waals surface area (Å²) < 4.78 is 28.4. The monoisotopic (exact) mass is 450 g/mol. The number of nitrogens with two attached hydrogens (primary N) is 1. The van der Waals surface area contributed by atoms with E-state index in [1.54, 1.807) is 29.8 Å². The third-order valence-electron chi connectivity index (χ3n) is 5.03. The third kappa shape index (κ3) is 4.15. The molecule has 2 aromatic heterocycles. The largest absolute Gasteiger partial charge is 0.382 e. The summed E-state index contributed by atoms with van der Waals surface area (Å²) in [6.07, 6.45) is -0.391. The molecule has 0 saturated carbocycles. The number of aliphatic hydroxyl groups is 1. The number of halogens is 2. The summed E-state index contributed by atoms with van der Waals surface area (Å²) in [6, 6.07) is 7.44. The number of aryl methyl sites for hydroxylation is 1. The second kappa shape index (κ2) is 8.40. The standard InChI is InChI=1S/C23H20F2N6O2/c1-11(2)18-19-20(22(26)28-10-27-19)31(30-18)17-5-4-16(6-12(17)3)29-23(33)21(32)13-7-14(24)9-15(25)8-13/h4-10,21,32H,1H2,2-3H3,(H,29,33)(H2,26,27,28). The van der Waals surface area contributed by atoms with Crippen molar-refractivity contribution in [3.05, 3.63) is 77.8 Å². The number of amides is 1. The molecule has 1 atom stereocenters. The molecule has 2 heterocycles. The van der Waals surface area contributed by atoms with Crippen molar-refractivity contribution in [3.63, 3.8) is 0 Å². The fourth-order valence-corrected chi connectivity index (χ4v) is 3.50. The van der Waals surface area contributed by atoms with Gasteiger partial charge in [-0.05, 0) is 60.9 Å². The van der Waals surface area contributed by atoms with Crippen molar-refractivity contribution < 1.29 is 18.7 Å². The number of nitrogens with one attached hydrogen (secondary N) is 1. The van der Waals surface area contributed by atoms with Crippen LogP contribution < -0.4 is 11.1 Å². The van der Waals surface area contributed by atoms with Crippen LogP contribution in [0.5, 0.6) is 0 Å². The number of hydrogen-bond donors (Lipinski definition) is 3. The predicted molar refractivity (Wildman–Crippen MR) is 120 cm³/mol. The lowest BCUT2D eigenvalue weighted by Crippen LogP contribution is -2.21. The summed E-state index contributed by atoms with van der Waals surface area (Å²) in [5.74, 6) is -2.36. The molecule has 0 radical (unpaired) electrons. The smallest absolute Gasteiger partial charge is 0.257 e. The number of benzene rings is 2. The highest BCUT2D eigenvalue weighted by Crippen LogP contribution is 2.29. The molecule has 10 heteroatoms. The normalized spacial score (nSPS) is 12.0. The fourth-order valence-electron chi connectivity index (χ4n) is 3.50. The van der Waals surface area contributed by atoms with Crippen molar-refractivity contribution in [2.24, 2.45) is 0 Å². The molecule has 0 aliphatic heterocycles. The van der Waals surface area contributed by atoms with Crippen LogP contribution in [0.2, 0.25) is 0 Å². The van der Waals surface area contributed by atoms with Crippen LogP contribution >= 0.6 is 0 Å². The third-order valence-corrected chi connectivity index (χ3v) is 5.03. The molecule has 0 aliphatic rings. The maximum absolute atomic E-state index is 13.4. The summed E-state index contributed by atoms with van der Waals surface area (Å²) in [5.41, 5.74) is 10.0. The first-order chi connectivity index (χ1) is 15.7. The van der Waals surface area contributed by atoms with Gasteiger partial charge >= 0.3 is 0 Å². The zero-order valence-corrected chi connectivity index (χ0v) is 17.8. The second-order valence-corrected chi connectivity index (χ2v) is 7.59. The average Bonchev–Trinajstić information content (AvgIpc) is 3.13. The molecule has 0 spiro atoms. The highest BCUT2D eigenvalue weighted by Gasteiger charge is 2.21. The second-order valence-electron chi connectivity index (χ2n) is 7.59. The van der Waals surface area contributed by atoms with Crippen molar-refractivity contribution >= 4 is 34.0 Å². The first-order valence-corrected chi connectivity index (χ1v) is 9.86. The Kier molecular flexibility index (Phi) is 5.60. The molecule has 4 rings (SSSR count). The number of rotatable bonds is 5. The molecule has 168 valence electrons. The molecule has 8 nitrogen and oxygen atoms in total. The molecule has 4 N–H and O–H groups in total. The van der Waals surface area contributed by atoms with E-state index in [0.717, 1.165) is 17.7 Å². The Bertz CT molecular complexity index is 1400. The number of nitrogens with zero attached hydrogens (tertiary/aromatic N) is 4. The number of nitrogen functional groups attached to an aromatic ring is 1. The van der Waals surface area contributed by atoms with Gasteiger partial charge in [-0.1, -0.05) is 6.58 Å². The van der Waals surface area contributed by atoms with E-state index in [2.05, 4.69) is 27.0 Å². The first-order valence-electron chi connectivity index (χ1n) is 9.86. The van der Waals surface area contributed by atoms with Gasteiger partial charge in [-0.2, -0.15) is 5.10 Å². The van der Waals surface area contributed by atoms with Gasteiger partial charge in [0, 0.05) is 11.8 Å². The van der Waals surface area contributed by atoms with E-state index in [1.165, 1.54) is 6.33 Å². The van der Waals surface area contributed by atoms with Crippen molar-refractivity contribution in [1.29, 1.82) is 0 Å². The Balaban J connectivity index is 1.66. The number of aliphatic hydroxyl groups excluding tert-OH is 1. The quantitative estimate of drug-likeness (QED) is 0.427. The van der Waals surface area contributed by atoms with E-state index in [1.807, 2.05) is 6.92 Å². The summed E-state index contributed by atoms with van der Waals surface area (Å²) in [5, 5.41) is 17.3. The predicted octanol–water partition coefficient (Wildman–Crippen LogP) is 3.69. The summed E-state index contributed by atoms with van der Waals surface area (Å²) >= 11 is 0. The van der Waals surface area contributed by atoms with E-state index in [0.29, 0.717) is 39.7 Å². The maximum atomic E-state index is 13.4. The van der Waals surface area contributed by atoms with Gasteiger partial charge in [0.2, 0.25) is 0 Å². The topological polar surface area (TPSA) is 119 Å². The molecule has 0 saturated heterocycles. The van der Waals surface area contributed by atoms with Crippen LogP contribution in [0.4, 0.5) is 20.3 Å². The van der Waals surface area contributed by atoms with Crippen LogP contribution in [0.15, 0.2) is 49.3 Å². The number of aromatic nitrogens is 4. The number of anilines is 2. The van der Waals surface area contributed by atoms with Gasteiger partial charge in [0.25, 0.3) is 5.91 Å². The highest BCUT2D eigenvalue weighted by atomic mass is 19.1. The highest BCUT2D eigenvalue weighted by molar-refractivity contribution is 5.95. The minimum atomic E-state index is -1.75. The molecule has 0 fully saturated rings. The summed E-state index contributed by atoms with van der Waals surface area (Å²) in [6.45, 7) is 7.55. The molecular formula is C23H20F2N6O2. The average molecular weight is 450 g/mol. The lowest BCUT2D eigenvalue weighted by Gasteiger charge is -2.14. The molecular weight excluding hydrogens is 430 g/mol. The van der Waals surface area contributed by atoms with Crippen LogP contribution in [0.1, 0.15) is 29.8 Å². The van der Waals surface area contributed by atoms with Crippen LogP contribution in [0.3, 0.4) is 0 Å². The summed E-state index contributed by atoms with van der Waals surface area (Å²) in [4.78, 5) is 20.8. The van der Waals surface area contributed by atoms with Gasteiger partial charge < -0.3 is 16.2 Å². The van der Waals surface area contributed by atoms with Gasteiger partial charge in [-0.15, -0.1) is 0 Å². The molecule has 0 bridgehead atoms. The van der Waals surface area contributed by atoms with Crippen LogP contribution in [0.25, 0.3) is 22.3 Å². The molecule has 4 aromatic rings. The van der Waals surface area contributed by atoms with Crippen LogP contribution in [-0.4, -0.2) is 30.8 Å². The van der Waals surface area contributed by atoms with E-state index in [4.69, 9.17) is 5.73 Å². The van der Waals surface area contributed by atoms with E-state index < -0.39 is 23.6 Å². The van der Waals surface area contributed by atoms with Crippen LogP contribution in [0, 0.1) is 18.6 Å². The number of allylic oxidation sites excluding steroid dienone is 1. The minimum Gasteiger partial charge on any atom is -0.382 e. The molecule has 1 amide bonds. The van der Waals surface area contributed by atoms with Crippen LogP contribution in [-0.2, 0) is 4.79 Å². The van der Waals surface area contributed by atoms with Crippen molar-refractivity contribution in [1.82, 2.24) is 19.7 Å². The van der Waals surface area contributed by atoms with Crippen molar-refractivity contribution in [3.8, 4) is 5.69 Å². The molecule has 2 aromatic carbocycles. The number of carbonyl (C=O) groups is 1.